The highest BCUT2D eigenvalue weighted by molar-refractivity contribution is 5.85. The molecule has 5 heteroatoms. The molecule has 0 saturated carbocycles. The van der Waals surface area contributed by atoms with E-state index in [1.165, 1.54) is 19.1 Å². The van der Waals surface area contributed by atoms with Crippen molar-refractivity contribution >= 4 is 5.91 Å². The number of nitrogens with zero attached hydrogens (tertiary/aromatic N) is 2. The van der Waals surface area contributed by atoms with E-state index < -0.39 is 11.6 Å². The van der Waals surface area contributed by atoms with Gasteiger partial charge in [0.15, 0.2) is 0 Å². The van der Waals surface area contributed by atoms with Crippen molar-refractivity contribution in [1.29, 1.82) is 0 Å². The number of carbonyl (C=O) groups excluding carboxylic acids is 1. The summed E-state index contributed by atoms with van der Waals surface area (Å²) >= 11 is 0. The van der Waals surface area contributed by atoms with Gasteiger partial charge in [0.2, 0.25) is 5.91 Å². The predicted octanol–water partition coefficient (Wildman–Crippen LogP) is 3.08. The molecule has 114 valence electrons. The third-order valence-electron chi connectivity index (χ3n) is 4.48. The Morgan fingerprint density at radius 2 is 2.24 bits per heavy atom. The van der Waals surface area contributed by atoms with Crippen LogP contribution in [0.1, 0.15) is 38.3 Å². The van der Waals surface area contributed by atoms with Crippen LogP contribution in [0.25, 0.3) is 0 Å². The molecule has 3 unspecified atom stereocenters. The standard InChI is InChI=1S/C16H20F2N2O/c1-11(17)9-16(2)10-19-7-6-14(20(19)15(16)21)12-4-3-5-13(18)8-12/h3-5,8,11,14H,6-7,9-10H2,1-2H3. The van der Waals surface area contributed by atoms with Crippen LogP contribution in [0.2, 0.25) is 0 Å². The van der Waals surface area contributed by atoms with Crippen molar-refractivity contribution in [3.05, 3.63) is 35.6 Å². The molecule has 3 nitrogen and oxygen atoms in total. The molecule has 3 rings (SSSR count). The smallest absolute Gasteiger partial charge is 0.244 e. The summed E-state index contributed by atoms with van der Waals surface area (Å²) < 4.78 is 26.8. The highest BCUT2D eigenvalue weighted by Gasteiger charge is 2.53. The molecule has 2 saturated heterocycles. The third kappa shape index (κ3) is 2.44. The maximum atomic E-state index is 13.4. The zero-order valence-electron chi connectivity index (χ0n) is 12.4. The van der Waals surface area contributed by atoms with Gasteiger partial charge in [-0.2, -0.15) is 0 Å². The second-order valence-corrected chi connectivity index (χ2v) is 6.44. The maximum absolute atomic E-state index is 13.4. The van der Waals surface area contributed by atoms with Gasteiger partial charge in [0.25, 0.3) is 0 Å². The van der Waals surface area contributed by atoms with Gasteiger partial charge in [-0.1, -0.05) is 12.1 Å². The van der Waals surface area contributed by atoms with Crippen LogP contribution in [0.15, 0.2) is 24.3 Å². The van der Waals surface area contributed by atoms with Crippen LogP contribution < -0.4 is 0 Å². The van der Waals surface area contributed by atoms with Gasteiger partial charge in [-0.25, -0.2) is 13.8 Å². The molecule has 0 bridgehead atoms. The number of hydrogen-bond donors (Lipinski definition) is 0. The summed E-state index contributed by atoms with van der Waals surface area (Å²) in [6.07, 6.45) is 0.0123. The molecule has 0 spiro atoms. The lowest BCUT2D eigenvalue weighted by Gasteiger charge is -2.27. The zero-order chi connectivity index (χ0) is 15.2. The van der Waals surface area contributed by atoms with E-state index in [9.17, 15) is 13.6 Å². The van der Waals surface area contributed by atoms with Gasteiger partial charge in [0.1, 0.15) is 5.82 Å². The predicted molar refractivity (Wildman–Crippen MR) is 75.5 cm³/mol. The number of rotatable bonds is 3. The van der Waals surface area contributed by atoms with Crippen LogP contribution in [0.3, 0.4) is 0 Å². The molecular weight excluding hydrogens is 274 g/mol. The van der Waals surface area contributed by atoms with Gasteiger partial charge in [-0.05, 0) is 44.4 Å². The van der Waals surface area contributed by atoms with Crippen LogP contribution in [-0.2, 0) is 4.79 Å². The fraction of sp³-hybridized carbons (Fsp3) is 0.562. The minimum atomic E-state index is -1.01. The summed E-state index contributed by atoms with van der Waals surface area (Å²) in [5, 5.41) is 3.71. The summed E-state index contributed by atoms with van der Waals surface area (Å²) in [7, 11) is 0. The minimum Gasteiger partial charge on any atom is -0.273 e. The number of hydrazine groups is 1. The SMILES string of the molecule is CC(F)CC1(C)CN2CCC(c3cccc(F)c3)N2C1=O. The fourth-order valence-electron chi connectivity index (χ4n) is 3.67. The van der Waals surface area contributed by atoms with Gasteiger partial charge in [0.05, 0.1) is 17.6 Å². The van der Waals surface area contributed by atoms with Crippen molar-refractivity contribution in [2.24, 2.45) is 5.41 Å². The lowest BCUT2D eigenvalue weighted by Crippen LogP contribution is -2.36. The van der Waals surface area contributed by atoms with Crippen LogP contribution in [0, 0.1) is 11.2 Å². The maximum Gasteiger partial charge on any atom is 0.244 e. The summed E-state index contributed by atoms with van der Waals surface area (Å²) in [6.45, 7) is 4.61. The lowest BCUT2D eigenvalue weighted by atomic mass is 9.84. The first-order chi connectivity index (χ1) is 9.90. The molecule has 0 N–H and O–H groups in total. The zero-order valence-corrected chi connectivity index (χ0v) is 12.4. The first kappa shape index (κ1) is 14.4. The largest absolute Gasteiger partial charge is 0.273 e. The fourth-order valence-corrected chi connectivity index (χ4v) is 3.67. The van der Waals surface area contributed by atoms with Gasteiger partial charge < -0.3 is 0 Å². The van der Waals surface area contributed by atoms with Crippen molar-refractivity contribution in [1.82, 2.24) is 10.0 Å². The summed E-state index contributed by atoms with van der Waals surface area (Å²) in [6, 6.07) is 6.26. The Bertz CT molecular complexity index is 563. The van der Waals surface area contributed by atoms with E-state index in [1.54, 1.807) is 11.1 Å². The van der Waals surface area contributed by atoms with Gasteiger partial charge in [0, 0.05) is 13.1 Å². The molecule has 0 aromatic heterocycles. The Kier molecular flexibility index (Phi) is 3.48. The molecule has 1 amide bonds. The van der Waals surface area contributed by atoms with Crippen molar-refractivity contribution in [3.8, 4) is 0 Å². The Labute approximate surface area is 123 Å². The van der Waals surface area contributed by atoms with Crippen molar-refractivity contribution in [3.63, 3.8) is 0 Å². The highest BCUT2D eigenvalue weighted by Crippen LogP contribution is 2.44. The molecule has 0 radical (unpaired) electrons. The molecule has 3 atom stereocenters. The quantitative estimate of drug-likeness (QED) is 0.855. The summed E-state index contributed by atoms with van der Waals surface area (Å²) in [5.41, 5.74) is 0.128. The number of carbonyl (C=O) groups is 1. The van der Waals surface area contributed by atoms with E-state index in [-0.39, 0.29) is 24.2 Å². The Hall–Kier alpha value is -1.49. The lowest BCUT2D eigenvalue weighted by molar-refractivity contribution is -0.143. The molecule has 2 heterocycles. The number of alkyl halides is 1. The summed E-state index contributed by atoms with van der Waals surface area (Å²) in [4.78, 5) is 12.7. The number of hydrogen-bond acceptors (Lipinski definition) is 2. The molecule has 1 aromatic rings. The van der Waals surface area contributed by atoms with E-state index in [4.69, 9.17) is 0 Å². The van der Waals surface area contributed by atoms with Gasteiger partial charge in [-0.3, -0.25) is 9.80 Å². The molecule has 2 aliphatic rings. The molecule has 0 aliphatic carbocycles. The third-order valence-corrected chi connectivity index (χ3v) is 4.48. The monoisotopic (exact) mass is 294 g/mol. The Balaban J connectivity index is 1.87. The van der Waals surface area contributed by atoms with E-state index in [0.29, 0.717) is 6.54 Å². The second kappa shape index (κ2) is 5.05. The average molecular weight is 294 g/mol. The number of halogens is 2. The molecule has 2 aliphatic heterocycles. The molecular formula is C16H20F2N2O. The van der Waals surface area contributed by atoms with Crippen molar-refractivity contribution in [2.75, 3.05) is 13.1 Å². The van der Waals surface area contributed by atoms with Crippen LogP contribution >= 0.6 is 0 Å². The topological polar surface area (TPSA) is 23.6 Å². The minimum absolute atomic E-state index is 0.0428. The van der Waals surface area contributed by atoms with Crippen LogP contribution in [0.4, 0.5) is 8.78 Å². The van der Waals surface area contributed by atoms with E-state index in [0.717, 1.165) is 18.5 Å². The molecule has 2 fully saturated rings. The molecule has 21 heavy (non-hydrogen) atoms. The first-order valence-corrected chi connectivity index (χ1v) is 7.39. The average Bonchev–Trinajstić information content (AvgIpc) is 2.89. The van der Waals surface area contributed by atoms with Crippen LogP contribution in [0.5, 0.6) is 0 Å². The Morgan fingerprint density at radius 3 is 2.90 bits per heavy atom. The first-order valence-electron chi connectivity index (χ1n) is 7.39. The van der Waals surface area contributed by atoms with E-state index >= 15 is 0 Å². The van der Waals surface area contributed by atoms with Crippen LogP contribution in [-0.4, -0.2) is 35.2 Å². The summed E-state index contributed by atoms with van der Waals surface area (Å²) in [5.74, 6) is -0.337. The Morgan fingerprint density at radius 1 is 1.48 bits per heavy atom. The van der Waals surface area contributed by atoms with Crippen molar-refractivity contribution < 1.29 is 13.6 Å². The van der Waals surface area contributed by atoms with E-state index in [2.05, 4.69) is 0 Å². The van der Waals surface area contributed by atoms with E-state index in [1.807, 2.05) is 18.0 Å². The normalized spacial score (nSPS) is 30.8. The number of benzene rings is 1. The van der Waals surface area contributed by atoms with Crippen molar-refractivity contribution in [2.45, 2.75) is 38.9 Å². The molecule has 1 aromatic carbocycles. The highest BCUT2D eigenvalue weighted by atomic mass is 19.1. The van der Waals surface area contributed by atoms with Gasteiger partial charge >= 0.3 is 0 Å². The second-order valence-electron chi connectivity index (χ2n) is 6.44. The number of amides is 1. The van der Waals surface area contributed by atoms with Gasteiger partial charge in [-0.15, -0.1) is 0 Å². The number of fused-ring (bicyclic) bond motifs is 1.